The van der Waals surface area contributed by atoms with Gasteiger partial charge in [-0.25, -0.2) is 0 Å². The lowest BCUT2D eigenvalue weighted by Gasteiger charge is -1.92. The molecule has 0 saturated carbocycles. The summed E-state index contributed by atoms with van der Waals surface area (Å²) in [6, 6.07) is 6.10. The Kier molecular flexibility index (Phi) is 3.94. The van der Waals surface area contributed by atoms with Crippen LogP contribution in [0.5, 0.6) is 0 Å². The highest BCUT2D eigenvalue weighted by atomic mass is 16.6. The molecule has 4 nitrogen and oxygen atoms in total. The fourth-order valence-electron chi connectivity index (χ4n) is 0.654. The van der Waals surface area contributed by atoms with Gasteiger partial charge in [-0.2, -0.15) is 0 Å². The van der Waals surface area contributed by atoms with Gasteiger partial charge in [0.25, 0.3) is 5.69 Å². The fourth-order valence-corrected chi connectivity index (χ4v) is 0.654. The van der Waals surface area contributed by atoms with Crippen LogP contribution in [0.1, 0.15) is 0 Å². The van der Waals surface area contributed by atoms with Gasteiger partial charge in [-0.3, -0.25) is 10.1 Å². The standard InChI is InChI=1S/C6H6N2O2.C2H2/c7-5-3-1-2-4-6(5)8(9)10;1-2/h1-4H,7H2;1-2H. The Morgan fingerprint density at radius 3 is 2.17 bits per heavy atom. The fraction of sp³-hybridized carbons (Fsp3) is 0. The van der Waals surface area contributed by atoms with Crippen molar-refractivity contribution in [3.8, 4) is 12.8 Å². The largest absolute Gasteiger partial charge is 0.393 e. The lowest BCUT2D eigenvalue weighted by atomic mass is 10.3. The van der Waals surface area contributed by atoms with Crippen molar-refractivity contribution >= 4 is 11.4 Å². The van der Waals surface area contributed by atoms with Gasteiger partial charge >= 0.3 is 0 Å². The van der Waals surface area contributed by atoms with E-state index in [0.29, 0.717) is 0 Å². The molecule has 62 valence electrons. The van der Waals surface area contributed by atoms with Crippen LogP contribution in [0, 0.1) is 23.0 Å². The molecule has 0 fully saturated rings. The predicted molar refractivity (Wildman–Crippen MR) is 47.4 cm³/mol. The number of hydrogen-bond acceptors (Lipinski definition) is 3. The normalized spacial score (nSPS) is 7.83. The zero-order chi connectivity index (χ0) is 9.56. The van der Waals surface area contributed by atoms with Gasteiger partial charge in [-0.15, -0.1) is 12.8 Å². The van der Waals surface area contributed by atoms with Gasteiger partial charge in [0, 0.05) is 6.07 Å². The highest BCUT2D eigenvalue weighted by molar-refractivity contribution is 5.57. The average molecular weight is 164 g/mol. The van der Waals surface area contributed by atoms with Crippen molar-refractivity contribution < 1.29 is 4.92 Å². The highest BCUT2D eigenvalue weighted by Gasteiger charge is 2.07. The summed E-state index contributed by atoms with van der Waals surface area (Å²) in [5, 5.41) is 10.1. The zero-order valence-corrected chi connectivity index (χ0v) is 6.31. The van der Waals surface area contributed by atoms with Crippen molar-refractivity contribution in [2.75, 3.05) is 5.73 Å². The summed E-state index contributed by atoms with van der Waals surface area (Å²) in [6.07, 6.45) is 8.00. The topological polar surface area (TPSA) is 69.2 Å². The van der Waals surface area contributed by atoms with Gasteiger partial charge < -0.3 is 5.73 Å². The second kappa shape index (κ2) is 4.74. The summed E-state index contributed by atoms with van der Waals surface area (Å²) in [5.41, 5.74) is 5.44. The second-order valence-electron chi connectivity index (χ2n) is 1.82. The maximum Gasteiger partial charge on any atom is 0.292 e. The summed E-state index contributed by atoms with van der Waals surface area (Å²) < 4.78 is 0. The first-order chi connectivity index (χ1) is 5.72. The van der Waals surface area contributed by atoms with E-state index in [0.717, 1.165) is 0 Å². The monoisotopic (exact) mass is 164 g/mol. The molecular formula is C8H8N2O2. The highest BCUT2D eigenvalue weighted by Crippen LogP contribution is 2.18. The molecular weight excluding hydrogens is 156 g/mol. The molecule has 4 heteroatoms. The van der Waals surface area contributed by atoms with E-state index in [1.54, 1.807) is 12.1 Å². The Morgan fingerprint density at radius 2 is 1.83 bits per heavy atom. The number of nitrogens with zero attached hydrogens (tertiary/aromatic N) is 1. The van der Waals surface area contributed by atoms with E-state index in [4.69, 9.17) is 5.73 Å². The Hall–Kier alpha value is -2.02. The van der Waals surface area contributed by atoms with Crippen LogP contribution >= 0.6 is 0 Å². The molecule has 1 rings (SSSR count). The average Bonchev–Trinajstić information content (AvgIpc) is 2.08. The van der Waals surface area contributed by atoms with E-state index < -0.39 is 4.92 Å². The Bertz CT molecular complexity index is 294. The van der Waals surface area contributed by atoms with Crippen molar-refractivity contribution in [2.24, 2.45) is 0 Å². The number of rotatable bonds is 1. The van der Waals surface area contributed by atoms with Crippen LogP contribution in [0.15, 0.2) is 24.3 Å². The van der Waals surface area contributed by atoms with E-state index in [-0.39, 0.29) is 11.4 Å². The molecule has 0 amide bonds. The van der Waals surface area contributed by atoms with Crippen LogP contribution in [0.4, 0.5) is 11.4 Å². The molecule has 0 aliphatic heterocycles. The van der Waals surface area contributed by atoms with Gasteiger partial charge in [0.2, 0.25) is 0 Å². The Labute approximate surface area is 70.2 Å². The van der Waals surface area contributed by atoms with Gasteiger partial charge in [0.1, 0.15) is 5.69 Å². The third-order valence-electron chi connectivity index (χ3n) is 1.13. The van der Waals surface area contributed by atoms with E-state index in [9.17, 15) is 10.1 Å². The van der Waals surface area contributed by atoms with E-state index in [2.05, 4.69) is 12.8 Å². The smallest absolute Gasteiger partial charge is 0.292 e. The van der Waals surface area contributed by atoms with E-state index in [1.165, 1.54) is 12.1 Å². The van der Waals surface area contributed by atoms with Crippen LogP contribution in [0.3, 0.4) is 0 Å². The number of benzene rings is 1. The molecule has 0 aliphatic rings. The summed E-state index contributed by atoms with van der Waals surface area (Å²) in [6.45, 7) is 0. The van der Waals surface area contributed by atoms with Crippen LogP contribution in [0.25, 0.3) is 0 Å². The summed E-state index contributed by atoms with van der Waals surface area (Å²) in [4.78, 5) is 9.64. The first-order valence-corrected chi connectivity index (χ1v) is 3.04. The minimum absolute atomic E-state index is 0.0394. The number of nitrogen functional groups attached to an aromatic ring is 1. The first kappa shape index (κ1) is 9.98. The first-order valence-electron chi connectivity index (χ1n) is 3.04. The molecule has 1 aromatic rings. The van der Waals surface area contributed by atoms with Crippen molar-refractivity contribution in [3.05, 3.63) is 34.4 Å². The molecule has 0 aliphatic carbocycles. The number of anilines is 1. The molecule has 0 spiro atoms. The van der Waals surface area contributed by atoms with Crippen molar-refractivity contribution in [3.63, 3.8) is 0 Å². The van der Waals surface area contributed by atoms with Crippen LogP contribution in [-0.4, -0.2) is 4.92 Å². The second-order valence-corrected chi connectivity index (χ2v) is 1.82. The molecule has 1 aromatic carbocycles. The van der Waals surface area contributed by atoms with E-state index >= 15 is 0 Å². The van der Waals surface area contributed by atoms with Crippen LogP contribution < -0.4 is 5.73 Å². The SMILES string of the molecule is C#C.Nc1ccccc1[N+](=O)[O-]. The Balaban J connectivity index is 0.000000561. The number of hydrogen-bond donors (Lipinski definition) is 1. The van der Waals surface area contributed by atoms with E-state index in [1.807, 2.05) is 0 Å². The minimum Gasteiger partial charge on any atom is -0.393 e. The molecule has 12 heavy (non-hydrogen) atoms. The maximum absolute atomic E-state index is 10.1. The Morgan fingerprint density at radius 1 is 1.33 bits per heavy atom. The number of nitro groups is 1. The summed E-state index contributed by atoms with van der Waals surface area (Å²) in [7, 11) is 0. The van der Waals surface area contributed by atoms with Gasteiger partial charge in [-0.1, -0.05) is 12.1 Å². The summed E-state index contributed by atoms with van der Waals surface area (Å²) in [5.74, 6) is 0. The number of nitrogens with two attached hydrogens (primary N) is 1. The van der Waals surface area contributed by atoms with Gasteiger partial charge in [0.05, 0.1) is 4.92 Å². The minimum atomic E-state index is -0.505. The third kappa shape index (κ3) is 2.31. The van der Waals surface area contributed by atoms with Crippen molar-refractivity contribution in [2.45, 2.75) is 0 Å². The van der Waals surface area contributed by atoms with Gasteiger partial charge in [0.15, 0.2) is 0 Å². The molecule has 0 radical (unpaired) electrons. The van der Waals surface area contributed by atoms with Crippen molar-refractivity contribution in [1.29, 1.82) is 0 Å². The number of nitro benzene ring substituents is 1. The quantitative estimate of drug-likeness (QED) is 0.295. The molecule has 0 heterocycles. The number of para-hydroxylation sites is 2. The third-order valence-corrected chi connectivity index (χ3v) is 1.13. The molecule has 0 aromatic heterocycles. The molecule has 0 bridgehead atoms. The van der Waals surface area contributed by atoms with Crippen LogP contribution in [-0.2, 0) is 0 Å². The molecule has 2 N–H and O–H groups in total. The summed E-state index contributed by atoms with van der Waals surface area (Å²) >= 11 is 0. The maximum atomic E-state index is 10.1. The zero-order valence-electron chi connectivity index (χ0n) is 6.31. The van der Waals surface area contributed by atoms with Crippen molar-refractivity contribution in [1.82, 2.24) is 0 Å². The predicted octanol–water partition coefficient (Wildman–Crippen LogP) is 1.43. The number of terminal acetylenes is 1. The van der Waals surface area contributed by atoms with Crippen LogP contribution in [0.2, 0.25) is 0 Å². The lowest BCUT2D eigenvalue weighted by Crippen LogP contribution is -1.93. The lowest BCUT2D eigenvalue weighted by molar-refractivity contribution is -0.383. The molecule has 0 atom stereocenters. The molecule has 0 saturated heterocycles. The molecule has 0 unspecified atom stereocenters. The van der Waals surface area contributed by atoms with Gasteiger partial charge in [-0.05, 0) is 6.07 Å².